The van der Waals surface area contributed by atoms with E-state index in [1.54, 1.807) is 0 Å². The number of nitrogens with one attached hydrogen (secondary N) is 1. The minimum absolute atomic E-state index is 0.0265. The molecule has 0 radical (unpaired) electrons. The number of nitrogens with zero attached hydrogens (tertiary/aromatic N) is 1. The van der Waals surface area contributed by atoms with Crippen molar-refractivity contribution < 1.29 is 0 Å². The molecular formula is C24H20N2. The van der Waals surface area contributed by atoms with Gasteiger partial charge in [-0.05, 0) is 46.3 Å². The van der Waals surface area contributed by atoms with E-state index in [4.69, 9.17) is 0 Å². The average Bonchev–Trinajstić information content (AvgIpc) is 2.91. The molecule has 0 aliphatic heterocycles. The monoisotopic (exact) mass is 336 g/mol. The van der Waals surface area contributed by atoms with Crippen molar-refractivity contribution in [3.63, 3.8) is 0 Å². The zero-order valence-electron chi connectivity index (χ0n) is 15.0. The Morgan fingerprint density at radius 2 is 1.65 bits per heavy atom. The third-order valence-electron chi connectivity index (χ3n) is 5.53. The number of hydrogen-bond donors (Lipinski definition) is 1. The number of hydrogen-bond acceptors (Lipinski definition) is 2. The summed E-state index contributed by atoms with van der Waals surface area (Å²) in [5.74, 6) is 0. The van der Waals surface area contributed by atoms with Gasteiger partial charge in [0.2, 0.25) is 0 Å². The summed E-state index contributed by atoms with van der Waals surface area (Å²) in [6.45, 7) is 4.62. The first-order chi connectivity index (χ1) is 12.6. The van der Waals surface area contributed by atoms with Crippen LogP contribution in [0.1, 0.15) is 25.0 Å². The molecule has 0 unspecified atom stereocenters. The Kier molecular flexibility index (Phi) is 3.17. The fraction of sp³-hybridized carbons (Fsp3) is 0.125. The molecule has 0 amide bonds. The van der Waals surface area contributed by atoms with Gasteiger partial charge >= 0.3 is 0 Å². The molecule has 3 aromatic carbocycles. The SMILES string of the molecule is CC1(C)c2ccccc2-c2c(Nc3ccc4cnccc4c3)cccc21. The van der Waals surface area contributed by atoms with E-state index in [9.17, 15) is 0 Å². The van der Waals surface area contributed by atoms with Gasteiger partial charge < -0.3 is 5.32 Å². The lowest BCUT2D eigenvalue weighted by atomic mass is 9.82. The van der Waals surface area contributed by atoms with Crippen LogP contribution in [-0.2, 0) is 5.41 Å². The molecule has 1 aromatic heterocycles. The highest BCUT2D eigenvalue weighted by atomic mass is 14.9. The molecule has 0 spiro atoms. The fourth-order valence-electron chi connectivity index (χ4n) is 4.18. The summed E-state index contributed by atoms with van der Waals surface area (Å²) < 4.78 is 0. The van der Waals surface area contributed by atoms with Gasteiger partial charge in [0.1, 0.15) is 0 Å². The molecule has 4 aromatic rings. The van der Waals surface area contributed by atoms with Crippen molar-refractivity contribution in [2.24, 2.45) is 0 Å². The standard InChI is InChI=1S/C24H20N2/c1-24(2)20-7-4-3-6-19(20)23-21(24)8-5-9-22(23)26-18-11-10-17-15-25-13-12-16(17)14-18/h3-15,26H,1-2H3. The Hall–Kier alpha value is -3.13. The Balaban J connectivity index is 1.65. The quantitative estimate of drug-likeness (QED) is 0.465. The molecule has 0 bridgehead atoms. The van der Waals surface area contributed by atoms with Gasteiger partial charge in [-0.15, -0.1) is 0 Å². The van der Waals surface area contributed by atoms with Crippen molar-refractivity contribution >= 4 is 22.1 Å². The first-order valence-corrected chi connectivity index (χ1v) is 8.99. The van der Waals surface area contributed by atoms with Gasteiger partial charge in [-0.2, -0.15) is 0 Å². The fourth-order valence-corrected chi connectivity index (χ4v) is 4.18. The summed E-state index contributed by atoms with van der Waals surface area (Å²) in [5, 5.41) is 6.00. The first-order valence-electron chi connectivity index (χ1n) is 8.99. The van der Waals surface area contributed by atoms with Gasteiger partial charge in [0, 0.05) is 40.1 Å². The highest BCUT2D eigenvalue weighted by molar-refractivity contribution is 5.92. The van der Waals surface area contributed by atoms with Crippen LogP contribution in [0, 0.1) is 0 Å². The van der Waals surface area contributed by atoms with Crippen molar-refractivity contribution in [2.45, 2.75) is 19.3 Å². The van der Waals surface area contributed by atoms with Gasteiger partial charge in [0.15, 0.2) is 0 Å². The maximum absolute atomic E-state index is 4.19. The third-order valence-corrected chi connectivity index (χ3v) is 5.53. The van der Waals surface area contributed by atoms with Crippen LogP contribution in [0.2, 0.25) is 0 Å². The Labute approximate surface area is 153 Å². The van der Waals surface area contributed by atoms with Crippen molar-refractivity contribution in [3.8, 4) is 11.1 Å². The van der Waals surface area contributed by atoms with Crippen LogP contribution in [0.15, 0.2) is 79.1 Å². The van der Waals surface area contributed by atoms with E-state index in [0.717, 1.165) is 16.8 Å². The van der Waals surface area contributed by atoms with Gasteiger partial charge in [0.25, 0.3) is 0 Å². The molecule has 26 heavy (non-hydrogen) atoms. The van der Waals surface area contributed by atoms with E-state index in [2.05, 4.69) is 84.8 Å². The summed E-state index contributed by atoms with van der Waals surface area (Å²) in [5.41, 5.74) is 7.72. The Morgan fingerprint density at radius 3 is 2.58 bits per heavy atom. The largest absolute Gasteiger partial charge is 0.355 e. The minimum atomic E-state index is 0.0265. The molecule has 5 rings (SSSR count). The molecule has 1 aliphatic carbocycles. The second-order valence-electron chi connectivity index (χ2n) is 7.46. The maximum Gasteiger partial charge on any atom is 0.0467 e. The van der Waals surface area contributed by atoms with E-state index < -0.39 is 0 Å². The number of pyridine rings is 1. The third kappa shape index (κ3) is 2.15. The second kappa shape index (κ2) is 5.43. The molecule has 126 valence electrons. The maximum atomic E-state index is 4.19. The predicted octanol–water partition coefficient (Wildman–Crippen LogP) is 6.28. The summed E-state index contributed by atoms with van der Waals surface area (Å²) in [4.78, 5) is 4.19. The number of anilines is 2. The molecule has 1 N–H and O–H groups in total. The second-order valence-corrected chi connectivity index (χ2v) is 7.46. The van der Waals surface area contributed by atoms with E-state index >= 15 is 0 Å². The molecule has 0 atom stereocenters. The number of benzene rings is 3. The lowest BCUT2D eigenvalue weighted by molar-refractivity contribution is 0.660. The van der Waals surface area contributed by atoms with Crippen molar-refractivity contribution in [1.82, 2.24) is 4.98 Å². The Morgan fingerprint density at radius 1 is 0.808 bits per heavy atom. The van der Waals surface area contributed by atoms with E-state index in [1.165, 1.54) is 27.6 Å². The zero-order chi connectivity index (χ0) is 17.7. The lowest BCUT2D eigenvalue weighted by Gasteiger charge is -2.21. The van der Waals surface area contributed by atoms with Crippen LogP contribution in [0.3, 0.4) is 0 Å². The van der Waals surface area contributed by atoms with Gasteiger partial charge in [-0.3, -0.25) is 4.98 Å². The van der Waals surface area contributed by atoms with Crippen molar-refractivity contribution in [3.05, 3.63) is 90.3 Å². The van der Waals surface area contributed by atoms with E-state index in [0.29, 0.717) is 0 Å². The molecule has 0 saturated heterocycles. The first kappa shape index (κ1) is 15.2. The highest BCUT2D eigenvalue weighted by Crippen LogP contribution is 2.51. The van der Waals surface area contributed by atoms with Crippen LogP contribution in [-0.4, -0.2) is 4.98 Å². The molecule has 1 heterocycles. The zero-order valence-corrected chi connectivity index (χ0v) is 15.0. The average molecular weight is 336 g/mol. The number of fused-ring (bicyclic) bond motifs is 4. The summed E-state index contributed by atoms with van der Waals surface area (Å²) in [6.07, 6.45) is 3.74. The summed E-state index contributed by atoms with van der Waals surface area (Å²) in [6, 6.07) is 23.8. The highest BCUT2D eigenvalue weighted by Gasteiger charge is 2.36. The molecule has 2 heteroatoms. The van der Waals surface area contributed by atoms with Gasteiger partial charge in [-0.25, -0.2) is 0 Å². The number of rotatable bonds is 2. The Bertz CT molecular complexity index is 1140. The molecule has 0 saturated carbocycles. The summed E-state index contributed by atoms with van der Waals surface area (Å²) >= 11 is 0. The molecule has 1 aliphatic rings. The smallest absolute Gasteiger partial charge is 0.0467 e. The molecule has 0 fully saturated rings. The van der Waals surface area contributed by atoms with Crippen LogP contribution in [0.4, 0.5) is 11.4 Å². The van der Waals surface area contributed by atoms with Crippen molar-refractivity contribution in [2.75, 3.05) is 5.32 Å². The minimum Gasteiger partial charge on any atom is -0.355 e. The normalized spacial score (nSPS) is 14.1. The van der Waals surface area contributed by atoms with E-state index in [1.807, 2.05) is 18.5 Å². The van der Waals surface area contributed by atoms with Crippen LogP contribution < -0.4 is 5.32 Å². The summed E-state index contributed by atoms with van der Waals surface area (Å²) in [7, 11) is 0. The van der Waals surface area contributed by atoms with Crippen LogP contribution in [0.5, 0.6) is 0 Å². The van der Waals surface area contributed by atoms with E-state index in [-0.39, 0.29) is 5.41 Å². The van der Waals surface area contributed by atoms with Crippen LogP contribution >= 0.6 is 0 Å². The molecule has 2 nitrogen and oxygen atoms in total. The van der Waals surface area contributed by atoms with Crippen molar-refractivity contribution in [1.29, 1.82) is 0 Å². The molecular weight excluding hydrogens is 316 g/mol. The van der Waals surface area contributed by atoms with Gasteiger partial charge in [-0.1, -0.05) is 56.3 Å². The predicted molar refractivity (Wildman–Crippen MR) is 109 cm³/mol. The lowest BCUT2D eigenvalue weighted by Crippen LogP contribution is -2.14. The van der Waals surface area contributed by atoms with Gasteiger partial charge in [0.05, 0.1) is 0 Å². The van der Waals surface area contributed by atoms with Crippen LogP contribution in [0.25, 0.3) is 21.9 Å². The topological polar surface area (TPSA) is 24.9 Å². The number of aromatic nitrogens is 1.